The van der Waals surface area contributed by atoms with Crippen LogP contribution in [0.25, 0.3) is 0 Å². The van der Waals surface area contributed by atoms with Crippen molar-refractivity contribution in [3.63, 3.8) is 0 Å². The fraction of sp³-hybridized carbons (Fsp3) is 0.435. The highest BCUT2D eigenvalue weighted by atomic mass is 32.2. The Hall–Kier alpha value is -2.74. The van der Waals surface area contributed by atoms with Gasteiger partial charge in [-0.05, 0) is 55.9 Å². The monoisotopic (exact) mass is 445 g/mol. The number of carbonyl (C=O) groups is 1. The summed E-state index contributed by atoms with van der Waals surface area (Å²) in [5, 5.41) is 3.19. The van der Waals surface area contributed by atoms with Gasteiger partial charge >= 0.3 is 0 Å². The third-order valence-corrected chi connectivity index (χ3v) is 6.13. The fourth-order valence-corrected chi connectivity index (χ4v) is 4.53. The van der Waals surface area contributed by atoms with Gasteiger partial charge in [0.2, 0.25) is 15.9 Å². The molecule has 1 aliphatic rings. The molecule has 168 valence electrons. The summed E-state index contributed by atoms with van der Waals surface area (Å²) in [6.45, 7) is 3.34. The standard InChI is InChI=1S/C23H31N3O4S/c1-17(24-20-9-10-22(30-2)21(16-20)25-31(3,28)29)23(27)26-13-11-19(12-14-26)15-18-7-5-4-6-8-18/h4-10,16-17,19,24-25H,11-15H2,1-3H3. The first-order valence-electron chi connectivity index (χ1n) is 10.5. The average molecular weight is 446 g/mol. The number of sulfonamides is 1. The van der Waals surface area contributed by atoms with E-state index in [1.54, 1.807) is 18.2 Å². The predicted molar refractivity (Wildman–Crippen MR) is 124 cm³/mol. The van der Waals surface area contributed by atoms with Crippen LogP contribution in [-0.4, -0.2) is 51.7 Å². The van der Waals surface area contributed by atoms with E-state index in [1.807, 2.05) is 17.9 Å². The van der Waals surface area contributed by atoms with E-state index in [4.69, 9.17) is 4.74 Å². The largest absolute Gasteiger partial charge is 0.495 e. The summed E-state index contributed by atoms with van der Waals surface area (Å²) < 4.78 is 30.9. The number of nitrogens with one attached hydrogen (secondary N) is 2. The summed E-state index contributed by atoms with van der Waals surface area (Å²) >= 11 is 0. The lowest BCUT2D eigenvalue weighted by molar-refractivity contribution is -0.133. The van der Waals surface area contributed by atoms with Gasteiger partial charge in [-0.3, -0.25) is 9.52 Å². The van der Waals surface area contributed by atoms with Gasteiger partial charge in [-0.15, -0.1) is 0 Å². The quantitative estimate of drug-likeness (QED) is 0.651. The van der Waals surface area contributed by atoms with Crippen LogP contribution in [0, 0.1) is 5.92 Å². The summed E-state index contributed by atoms with van der Waals surface area (Å²) in [7, 11) is -1.97. The second kappa shape index (κ2) is 10.0. The highest BCUT2D eigenvalue weighted by Crippen LogP contribution is 2.29. The van der Waals surface area contributed by atoms with E-state index in [0.29, 0.717) is 23.0 Å². The maximum atomic E-state index is 12.9. The zero-order valence-electron chi connectivity index (χ0n) is 18.3. The van der Waals surface area contributed by atoms with E-state index in [0.717, 1.165) is 38.6 Å². The second-order valence-corrected chi connectivity index (χ2v) is 9.86. The van der Waals surface area contributed by atoms with Gasteiger partial charge < -0.3 is 15.0 Å². The highest BCUT2D eigenvalue weighted by molar-refractivity contribution is 7.92. The normalized spacial score (nSPS) is 15.9. The molecule has 1 heterocycles. The molecule has 1 unspecified atom stereocenters. The number of methoxy groups -OCH3 is 1. The molecule has 0 aliphatic carbocycles. The molecule has 1 amide bonds. The van der Waals surface area contributed by atoms with Crippen LogP contribution in [0.4, 0.5) is 11.4 Å². The number of benzene rings is 2. The van der Waals surface area contributed by atoms with Crippen LogP contribution in [0.1, 0.15) is 25.3 Å². The van der Waals surface area contributed by atoms with E-state index in [9.17, 15) is 13.2 Å². The predicted octanol–water partition coefficient (Wildman–Crippen LogP) is 3.35. The van der Waals surface area contributed by atoms with Gasteiger partial charge in [0.25, 0.3) is 0 Å². The first-order valence-corrected chi connectivity index (χ1v) is 12.4. The molecular formula is C23H31N3O4S. The maximum Gasteiger partial charge on any atom is 0.244 e. The minimum atomic E-state index is -3.45. The molecule has 0 saturated carbocycles. The number of rotatable bonds is 8. The van der Waals surface area contributed by atoms with Gasteiger partial charge in [-0.25, -0.2) is 8.42 Å². The van der Waals surface area contributed by atoms with E-state index in [-0.39, 0.29) is 5.91 Å². The summed E-state index contributed by atoms with van der Waals surface area (Å²) in [6.07, 6.45) is 4.13. The van der Waals surface area contributed by atoms with Crippen molar-refractivity contribution in [3.05, 3.63) is 54.1 Å². The lowest BCUT2D eigenvalue weighted by Crippen LogP contribution is -2.45. The molecule has 8 heteroatoms. The molecule has 2 aromatic carbocycles. The summed E-state index contributed by atoms with van der Waals surface area (Å²) in [5.41, 5.74) is 2.32. The Balaban J connectivity index is 1.56. The average Bonchev–Trinajstić information content (AvgIpc) is 2.73. The molecule has 0 spiro atoms. The van der Waals surface area contributed by atoms with Gasteiger partial charge in [-0.1, -0.05) is 30.3 Å². The first-order chi connectivity index (χ1) is 14.7. The van der Waals surface area contributed by atoms with Crippen molar-refractivity contribution < 1.29 is 17.9 Å². The molecule has 2 N–H and O–H groups in total. The minimum absolute atomic E-state index is 0.0478. The Morgan fingerprint density at radius 1 is 1.16 bits per heavy atom. The van der Waals surface area contributed by atoms with Crippen LogP contribution in [0.5, 0.6) is 5.75 Å². The molecule has 1 fully saturated rings. The van der Waals surface area contributed by atoms with E-state index in [1.165, 1.54) is 12.7 Å². The molecule has 1 aliphatic heterocycles. The number of hydrogen-bond acceptors (Lipinski definition) is 5. The van der Waals surface area contributed by atoms with Crippen LogP contribution in [0.15, 0.2) is 48.5 Å². The smallest absolute Gasteiger partial charge is 0.244 e. The molecule has 31 heavy (non-hydrogen) atoms. The second-order valence-electron chi connectivity index (χ2n) is 8.11. The topological polar surface area (TPSA) is 87.7 Å². The van der Waals surface area contributed by atoms with Crippen LogP contribution in [0.2, 0.25) is 0 Å². The summed E-state index contributed by atoms with van der Waals surface area (Å²) in [4.78, 5) is 14.8. The SMILES string of the molecule is COc1ccc(NC(C)C(=O)N2CCC(Cc3ccccc3)CC2)cc1NS(C)(=O)=O. The van der Waals surface area contributed by atoms with Crippen molar-refractivity contribution >= 4 is 27.3 Å². The Labute approximate surface area is 184 Å². The number of carbonyl (C=O) groups excluding carboxylic acids is 1. The van der Waals surface area contributed by atoms with E-state index < -0.39 is 16.1 Å². The van der Waals surface area contributed by atoms with Gasteiger partial charge in [0.15, 0.2) is 0 Å². The number of piperidine rings is 1. The Morgan fingerprint density at radius 2 is 1.84 bits per heavy atom. The summed E-state index contributed by atoms with van der Waals surface area (Å²) in [5.74, 6) is 1.06. The van der Waals surface area contributed by atoms with Crippen molar-refractivity contribution in [2.45, 2.75) is 32.2 Å². The summed E-state index contributed by atoms with van der Waals surface area (Å²) in [6, 6.07) is 15.1. The van der Waals surface area contributed by atoms with Gasteiger partial charge in [-0.2, -0.15) is 0 Å². The van der Waals surface area contributed by atoms with Crippen molar-refractivity contribution in [2.24, 2.45) is 5.92 Å². The first kappa shape index (κ1) is 22.9. The number of ether oxygens (including phenoxy) is 1. The molecule has 1 saturated heterocycles. The molecule has 0 aromatic heterocycles. The van der Waals surface area contributed by atoms with Gasteiger partial charge in [0.05, 0.1) is 19.1 Å². The Bertz CT molecular complexity index is 987. The van der Waals surface area contributed by atoms with E-state index >= 15 is 0 Å². The Morgan fingerprint density at radius 3 is 2.45 bits per heavy atom. The molecule has 1 atom stereocenters. The van der Waals surface area contributed by atoms with Crippen molar-refractivity contribution in [1.82, 2.24) is 4.90 Å². The van der Waals surface area contributed by atoms with E-state index in [2.05, 4.69) is 34.3 Å². The van der Waals surface area contributed by atoms with Crippen molar-refractivity contribution in [3.8, 4) is 5.75 Å². The maximum absolute atomic E-state index is 12.9. The molecule has 0 bridgehead atoms. The number of nitrogens with zero attached hydrogens (tertiary/aromatic N) is 1. The number of amides is 1. The lowest BCUT2D eigenvalue weighted by Gasteiger charge is -2.34. The molecule has 2 aromatic rings. The fourth-order valence-electron chi connectivity index (χ4n) is 3.97. The van der Waals surface area contributed by atoms with Gasteiger partial charge in [0.1, 0.15) is 11.8 Å². The van der Waals surface area contributed by atoms with Crippen molar-refractivity contribution in [1.29, 1.82) is 0 Å². The highest BCUT2D eigenvalue weighted by Gasteiger charge is 2.26. The molecule has 7 nitrogen and oxygen atoms in total. The van der Waals surface area contributed by atoms with Crippen molar-refractivity contribution in [2.75, 3.05) is 36.5 Å². The van der Waals surface area contributed by atoms with Crippen LogP contribution in [-0.2, 0) is 21.2 Å². The van der Waals surface area contributed by atoms with Gasteiger partial charge in [0, 0.05) is 18.8 Å². The zero-order valence-corrected chi connectivity index (χ0v) is 19.1. The lowest BCUT2D eigenvalue weighted by atomic mass is 9.90. The number of likely N-dealkylation sites (tertiary alicyclic amines) is 1. The van der Waals surface area contributed by atoms with Crippen LogP contribution < -0.4 is 14.8 Å². The molecule has 0 radical (unpaired) electrons. The number of hydrogen-bond donors (Lipinski definition) is 2. The number of anilines is 2. The third-order valence-electron chi connectivity index (χ3n) is 5.54. The third kappa shape index (κ3) is 6.62. The minimum Gasteiger partial charge on any atom is -0.495 e. The Kier molecular flexibility index (Phi) is 7.43. The van der Waals surface area contributed by atoms with Crippen LogP contribution in [0.3, 0.4) is 0 Å². The molecular weight excluding hydrogens is 414 g/mol. The zero-order chi connectivity index (χ0) is 22.4. The van der Waals surface area contributed by atoms with Crippen LogP contribution >= 0.6 is 0 Å². The molecule has 3 rings (SSSR count).